The molecular weight excluding hydrogens is 610 g/mol. The Morgan fingerprint density at radius 3 is 2.10 bits per heavy atom. The highest BCUT2D eigenvalue weighted by atomic mass is 16.6. The molecule has 3 aromatic rings. The fourth-order valence-electron chi connectivity index (χ4n) is 5.91. The van der Waals surface area contributed by atoms with Crippen LogP contribution in [0.1, 0.15) is 74.4 Å². The minimum Gasteiger partial charge on any atom is -0.508 e. The van der Waals surface area contributed by atoms with Gasteiger partial charge in [-0.25, -0.2) is 9.59 Å². The normalized spacial score (nSPS) is 15.6. The van der Waals surface area contributed by atoms with Crippen molar-refractivity contribution in [1.29, 1.82) is 5.41 Å². The SMILES string of the molecule is C/C(N)=C(/C(=N)c1cc(C(C)C)c(O)cc1O)c1ccc(CN2CCN(C(=O)OC(C(=O)O)C(NC(C)C)c3ccccc3)CC2)cc1. The highest BCUT2D eigenvalue weighted by Gasteiger charge is 2.35. The van der Waals surface area contributed by atoms with E-state index < -0.39 is 24.2 Å². The molecule has 0 spiro atoms. The van der Waals surface area contributed by atoms with Gasteiger partial charge in [0, 0.05) is 61.7 Å². The lowest BCUT2D eigenvalue weighted by atomic mass is 9.90. The molecule has 0 bridgehead atoms. The van der Waals surface area contributed by atoms with Gasteiger partial charge in [0.1, 0.15) is 11.5 Å². The second-order valence-corrected chi connectivity index (χ2v) is 12.8. The number of piperazine rings is 1. The first kappa shape index (κ1) is 36.0. The lowest BCUT2D eigenvalue weighted by Gasteiger charge is -2.35. The molecule has 0 radical (unpaired) electrons. The number of phenolic OH excluding ortho intramolecular Hbond substituents is 2. The topological polar surface area (TPSA) is 172 Å². The predicted molar refractivity (Wildman–Crippen MR) is 186 cm³/mol. The maximum absolute atomic E-state index is 13.1. The summed E-state index contributed by atoms with van der Waals surface area (Å²) in [7, 11) is 0. The van der Waals surface area contributed by atoms with Gasteiger partial charge in [0.25, 0.3) is 0 Å². The second-order valence-electron chi connectivity index (χ2n) is 12.8. The van der Waals surface area contributed by atoms with Crippen LogP contribution in [0.4, 0.5) is 4.79 Å². The van der Waals surface area contributed by atoms with E-state index in [1.165, 1.54) is 6.07 Å². The third kappa shape index (κ3) is 8.72. The zero-order valence-corrected chi connectivity index (χ0v) is 28.2. The van der Waals surface area contributed by atoms with Crippen LogP contribution in [0.25, 0.3) is 5.57 Å². The Bertz CT molecular complexity index is 1630. The first-order valence-corrected chi connectivity index (χ1v) is 16.2. The number of nitrogens with two attached hydrogens (primary N) is 1. The summed E-state index contributed by atoms with van der Waals surface area (Å²) < 4.78 is 5.61. The van der Waals surface area contributed by atoms with Crippen LogP contribution >= 0.6 is 0 Å². The summed E-state index contributed by atoms with van der Waals surface area (Å²) in [5.41, 5.74) is 10.6. The molecule has 2 atom stereocenters. The van der Waals surface area contributed by atoms with Gasteiger partial charge in [0.05, 0.1) is 11.8 Å². The number of amides is 1. The van der Waals surface area contributed by atoms with E-state index in [9.17, 15) is 24.9 Å². The Hall–Kier alpha value is -4.87. The van der Waals surface area contributed by atoms with E-state index in [4.69, 9.17) is 15.9 Å². The number of hydrogen-bond donors (Lipinski definition) is 6. The van der Waals surface area contributed by atoms with Crippen LogP contribution in [-0.2, 0) is 16.1 Å². The highest BCUT2D eigenvalue weighted by Crippen LogP contribution is 2.35. The van der Waals surface area contributed by atoms with Crippen LogP contribution in [0.15, 0.2) is 72.4 Å². The van der Waals surface area contributed by atoms with Gasteiger partial charge in [0.2, 0.25) is 6.10 Å². The molecule has 48 heavy (non-hydrogen) atoms. The number of ether oxygens (including phenoxy) is 1. The average Bonchev–Trinajstić information content (AvgIpc) is 3.03. The number of phenols is 2. The Labute approximate surface area is 282 Å². The quantitative estimate of drug-likeness (QED) is 0.139. The summed E-state index contributed by atoms with van der Waals surface area (Å²) in [4.78, 5) is 29.1. The van der Waals surface area contributed by atoms with Crippen molar-refractivity contribution in [1.82, 2.24) is 15.1 Å². The van der Waals surface area contributed by atoms with Crippen molar-refractivity contribution in [3.05, 3.63) is 100 Å². The van der Waals surface area contributed by atoms with Gasteiger partial charge in [-0.1, -0.05) is 82.3 Å². The molecule has 1 aliphatic heterocycles. The van der Waals surface area contributed by atoms with Gasteiger partial charge >= 0.3 is 12.1 Å². The largest absolute Gasteiger partial charge is 0.508 e. The minimum atomic E-state index is -1.40. The Balaban J connectivity index is 1.39. The fraction of sp³-hybridized carbons (Fsp3) is 0.378. The summed E-state index contributed by atoms with van der Waals surface area (Å²) >= 11 is 0. The molecule has 7 N–H and O–H groups in total. The van der Waals surface area contributed by atoms with E-state index in [-0.39, 0.29) is 29.2 Å². The van der Waals surface area contributed by atoms with Crippen LogP contribution in [0, 0.1) is 5.41 Å². The number of carbonyl (C=O) groups excluding carboxylic acids is 1. The maximum Gasteiger partial charge on any atom is 0.410 e. The Morgan fingerprint density at radius 2 is 1.56 bits per heavy atom. The number of hydrogen-bond acceptors (Lipinski definition) is 9. The zero-order chi connectivity index (χ0) is 35.1. The van der Waals surface area contributed by atoms with E-state index >= 15 is 0 Å². The molecule has 1 aliphatic rings. The monoisotopic (exact) mass is 657 g/mol. The molecule has 4 rings (SSSR count). The van der Waals surface area contributed by atoms with Gasteiger partial charge in [-0.2, -0.15) is 0 Å². The predicted octanol–water partition coefficient (Wildman–Crippen LogP) is 5.43. The van der Waals surface area contributed by atoms with E-state index in [1.54, 1.807) is 17.9 Å². The van der Waals surface area contributed by atoms with Crippen molar-refractivity contribution < 1.29 is 29.6 Å². The maximum atomic E-state index is 13.1. The number of benzene rings is 3. The Kier molecular flexibility index (Phi) is 11.9. The van der Waals surface area contributed by atoms with Crippen molar-refractivity contribution in [2.45, 2.75) is 65.3 Å². The number of carboxylic acid groups (broad SMARTS) is 1. The molecule has 2 unspecified atom stereocenters. The van der Waals surface area contributed by atoms with Gasteiger partial charge in [0.15, 0.2) is 0 Å². The van der Waals surface area contributed by atoms with Gasteiger partial charge < -0.3 is 36.0 Å². The lowest BCUT2D eigenvalue weighted by Crippen LogP contribution is -2.51. The number of aliphatic carboxylic acids is 1. The van der Waals surface area contributed by atoms with E-state index in [2.05, 4.69) is 10.2 Å². The van der Waals surface area contributed by atoms with E-state index in [0.29, 0.717) is 55.1 Å². The first-order valence-electron chi connectivity index (χ1n) is 16.2. The number of carbonyl (C=O) groups is 2. The van der Waals surface area contributed by atoms with Crippen molar-refractivity contribution in [3.63, 3.8) is 0 Å². The van der Waals surface area contributed by atoms with Crippen molar-refractivity contribution in [3.8, 4) is 11.5 Å². The molecule has 0 saturated carbocycles. The van der Waals surface area contributed by atoms with Crippen LogP contribution in [0.5, 0.6) is 11.5 Å². The van der Waals surface area contributed by atoms with Crippen LogP contribution in [0.3, 0.4) is 0 Å². The summed E-state index contributed by atoms with van der Waals surface area (Å²) in [6, 6.07) is 19.0. The summed E-state index contributed by atoms with van der Waals surface area (Å²) in [6.07, 6.45) is -2.05. The molecular formula is C37H47N5O6. The zero-order valence-electron chi connectivity index (χ0n) is 28.2. The van der Waals surface area contributed by atoms with Crippen LogP contribution in [-0.4, -0.2) is 81.2 Å². The third-order valence-electron chi connectivity index (χ3n) is 8.41. The molecule has 1 saturated heterocycles. The average molecular weight is 658 g/mol. The van der Waals surface area contributed by atoms with Crippen molar-refractivity contribution >= 4 is 23.3 Å². The molecule has 1 heterocycles. The highest BCUT2D eigenvalue weighted by molar-refractivity contribution is 6.31. The molecule has 0 aromatic heterocycles. The van der Waals surface area contributed by atoms with E-state index in [0.717, 1.165) is 16.7 Å². The van der Waals surface area contributed by atoms with Crippen molar-refractivity contribution in [2.75, 3.05) is 26.2 Å². The van der Waals surface area contributed by atoms with E-state index in [1.807, 2.05) is 82.3 Å². The number of nitrogens with zero attached hydrogens (tertiary/aromatic N) is 2. The molecule has 1 fully saturated rings. The molecule has 11 heteroatoms. The third-order valence-corrected chi connectivity index (χ3v) is 8.41. The second kappa shape index (κ2) is 15.8. The van der Waals surface area contributed by atoms with Crippen LogP contribution < -0.4 is 11.1 Å². The number of carboxylic acids is 1. The van der Waals surface area contributed by atoms with Gasteiger partial charge in [-0.15, -0.1) is 0 Å². The summed E-state index contributed by atoms with van der Waals surface area (Å²) in [5.74, 6) is -1.43. The molecule has 256 valence electrons. The number of aromatic hydroxyl groups is 2. The standard InChI is InChI=1S/C37H47N5O6/c1-22(2)28-19-29(31(44)20-30(28)43)33(39)32(24(5)38)26-13-11-25(12-14-26)21-41-15-17-42(18-16-41)37(47)48-35(36(45)46)34(40-23(3)4)27-9-7-6-8-10-27/h6-14,19-20,22-23,34-35,39-40,43-44H,15-18,21,38H2,1-5H3,(H,45,46)/b32-24-,39-33?. The fourth-order valence-corrected chi connectivity index (χ4v) is 5.91. The minimum absolute atomic E-state index is 0.00368. The number of allylic oxidation sites excluding steroid dienone is 2. The van der Waals surface area contributed by atoms with Gasteiger partial charge in [-0.05, 0) is 41.2 Å². The van der Waals surface area contributed by atoms with Crippen molar-refractivity contribution in [2.24, 2.45) is 5.73 Å². The summed E-state index contributed by atoms with van der Waals surface area (Å²) in [5, 5.41) is 43.0. The molecule has 11 nitrogen and oxygen atoms in total. The van der Waals surface area contributed by atoms with Crippen LogP contribution in [0.2, 0.25) is 0 Å². The van der Waals surface area contributed by atoms with Gasteiger partial charge in [-0.3, -0.25) is 10.3 Å². The number of rotatable bonds is 12. The summed E-state index contributed by atoms with van der Waals surface area (Å²) in [6.45, 7) is 12.0. The molecule has 0 aliphatic carbocycles. The lowest BCUT2D eigenvalue weighted by molar-refractivity contribution is -0.149. The Morgan fingerprint density at radius 1 is 0.938 bits per heavy atom. The number of nitrogens with one attached hydrogen (secondary N) is 2. The first-order chi connectivity index (χ1) is 22.8. The molecule has 1 amide bonds. The smallest absolute Gasteiger partial charge is 0.410 e. The molecule has 3 aromatic carbocycles.